The Bertz CT molecular complexity index is 536. The van der Waals surface area contributed by atoms with Crippen LogP contribution in [0.5, 0.6) is 0 Å². The van der Waals surface area contributed by atoms with Crippen molar-refractivity contribution >= 4 is 0 Å². The zero-order valence-corrected chi connectivity index (χ0v) is 16.3. The molecule has 0 fully saturated rings. The van der Waals surface area contributed by atoms with Gasteiger partial charge < -0.3 is 0 Å². The first-order valence-corrected chi connectivity index (χ1v) is 18.6. The van der Waals surface area contributed by atoms with Crippen LogP contribution < -0.4 is 0 Å². The monoisotopic (exact) mass is 323 g/mol. The van der Waals surface area contributed by atoms with E-state index in [1.165, 1.54) is 0 Å². The number of hydrogen-bond acceptors (Lipinski definition) is 3. The van der Waals surface area contributed by atoms with Crippen molar-refractivity contribution in [2.24, 2.45) is 0 Å². The van der Waals surface area contributed by atoms with E-state index >= 15 is 0 Å². The van der Waals surface area contributed by atoms with Gasteiger partial charge >= 0.3 is 117 Å². The van der Waals surface area contributed by atoms with Crippen LogP contribution >= 0.6 is 0 Å². The Morgan fingerprint density at radius 2 is 1.25 bits per heavy atom. The molecule has 0 atom stereocenters. The molecule has 0 N–H and O–H groups in total. The van der Waals surface area contributed by atoms with E-state index in [0.29, 0.717) is 19.8 Å². The van der Waals surface area contributed by atoms with Crippen molar-refractivity contribution < 1.29 is 21.3 Å². The van der Waals surface area contributed by atoms with Gasteiger partial charge in [-0.15, -0.1) is 0 Å². The fourth-order valence-corrected chi connectivity index (χ4v) is 18.5. The Morgan fingerprint density at radius 3 is 1.50 bits per heavy atom. The number of allylic oxidation sites excluding steroid dienone is 4. The third-order valence-electron chi connectivity index (χ3n) is 5.94. The van der Waals surface area contributed by atoms with Crippen molar-refractivity contribution in [2.75, 3.05) is 19.8 Å². The Morgan fingerprint density at radius 1 is 0.850 bits per heavy atom. The summed E-state index contributed by atoms with van der Waals surface area (Å²) in [6.07, 6.45) is 7.11. The van der Waals surface area contributed by atoms with E-state index in [1.807, 2.05) is 20.8 Å². The maximum atomic E-state index is 6.73. The van der Waals surface area contributed by atoms with E-state index < -0.39 is 11.3 Å². The van der Waals surface area contributed by atoms with Gasteiger partial charge in [-0.05, 0) is 0 Å². The quantitative estimate of drug-likeness (QED) is 0.558. The standard InChI is InChI=1S/C5H5.3C2H5O.5CH3.Ti/c1-2-4-5-3-1;3*1-2-3;;;;;;/h1-3H,4H2;3*2H2,1H3;5*1H3;/q;3*-1;;;;;;+3. The molecule has 0 unspecified atom stereocenters. The van der Waals surface area contributed by atoms with Gasteiger partial charge in [-0.1, -0.05) is 0 Å². The first-order valence-electron chi connectivity index (χ1n) is 8.07. The summed E-state index contributed by atoms with van der Waals surface area (Å²) in [5, 5.41) is 10.5. The van der Waals surface area contributed by atoms with Crippen LogP contribution in [0.3, 0.4) is 0 Å². The molecule has 0 amide bonds. The van der Waals surface area contributed by atoms with Crippen LogP contribution in [0.2, 0.25) is 26.1 Å². The molecule has 0 saturated heterocycles. The molecule has 0 bridgehead atoms. The molecule has 0 aromatic rings. The second-order valence-corrected chi connectivity index (χ2v) is 45.7. The Labute approximate surface area is 116 Å². The molecule has 20 heavy (non-hydrogen) atoms. The molecular weight excluding hydrogens is 288 g/mol. The molecule has 0 saturated carbocycles. The van der Waals surface area contributed by atoms with Crippen LogP contribution in [-0.2, 0) is 21.3 Å². The third kappa shape index (κ3) is 2.10. The van der Waals surface area contributed by atoms with Crippen molar-refractivity contribution in [2.45, 2.75) is 53.3 Å². The number of hydrogen-bond donors (Lipinski definition) is 0. The second-order valence-electron chi connectivity index (χ2n) is 12.5. The molecule has 0 radical (unpaired) electrons. The molecule has 1 aliphatic rings. The van der Waals surface area contributed by atoms with E-state index in [9.17, 15) is 0 Å². The van der Waals surface area contributed by atoms with Gasteiger partial charge in [0.05, 0.1) is 0 Å². The van der Waals surface area contributed by atoms with Gasteiger partial charge in [0, 0.05) is 0 Å². The summed E-state index contributed by atoms with van der Waals surface area (Å²) in [6.45, 7) is 7.59. The van der Waals surface area contributed by atoms with Crippen LogP contribution in [0.1, 0.15) is 27.2 Å². The van der Waals surface area contributed by atoms with Crippen LogP contribution in [0.25, 0.3) is 0 Å². The summed E-state index contributed by atoms with van der Waals surface area (Å²) in [4.78, 5) is 0. The average Bonchev–Trinajstić information content (AvgIpc) is 2.70. The molecule has 3 nitrogen and oxygen atoms in total. The van der Waals surface area contributed by atoms with E-state index in [4.69, 9.17) is 9.96 Å². The third-order valence-corrected chi connectivity index (χ3v) is 22.7. The summed E-state index contributed by atoms with van der Waals surface area (Å²) >= 11 is -6.14. The van der Waals surface area contributed by atoms with E-state index in [-0.39, 0.29) is 0 Å². The first kappa shape index (κ1) is 18.1. The Hall–Kier alpha value is 0.0743. The van der Waals surface area contributed by atoms with Gasteiger partial charge in [0.15, 0.2) is 0 Å². The topological polar surface area (TPSA) is 27.7 Å². The minimum absolute atomic E-state index is 0.525. The van der Waals surface area contributed by atoms with Crippen molar-refractivity contribution in [1.29, 1.82) is 0 Å². The minimum atomic E-state index is -6.14. The first-order chi connectivity index (χ1) is 8.50. The molecule has 0 aromatic carbocycles. The summed E-state index contributed by atoms with van der Waals surface area (Å²) in [7, 11) is 0. The zero-order valence-electron chi connectivity index (χ0n) is 14.8. The van der Waals surface area contributed by atoms with Crippen molar-refractivity contribution in [3.63, 3.8) is 0 Å². The van der Waals surface area contributed by atoms with Gasteiger partial charge in [-0.3, -0.25) is 0 Å². The Balaban J connectivity index is 4.11. The molecule has 121 valence electrons. The van der Waals surface area contributed by atoms with Gasteiger partial charge in [-0.2, -0.15) is 0 Å². The molecule has 0 aliphatic heterocycles. The van der Waals surface area contributed by atoms with Gasteiger partial charge in [0.1, 0.15) is 0 Å². The fourth-order valence-electron chi connectivity index (χ4n) is 4.74. The zero-order chi connectivity index (χ0) is 16.0. The number of rotatable bonds is 7. The van der Waals surface area contributed by atoms with E-state index in [2.05, 4.69) is 44.4 Å². The van der Waals surface area contributed by atoms with Crippen LogP contribution in [0.4, 0.5) is 0 Å². The van der Waals surface area contributed by atoms with Crippen LogP contribution in [-0.4, -0.2) is 19.8 Å². The molecule has 0 aromatic heterocycles. The predicted octanol–water partition coefficient (Wildman–Crippen LogP) is 5.76. The Kier molecular flexibility index (Phi) is 2.34. The SMILES string of the molecule is CC[O][Ti]([CH3])([CH3])([CH3])([CH3])([CH3])([O]CC)([O]CC)[C]1=CC=CC1. The van der Waals surface area contributed by atoms with Crippen molar-refractivity contribution in [1.82, 2.24) is 0 Å². The van der Waals surface area contributed by atoms with Gasteiger partial charge in [0.25, 0.3) is 0 Å². The van der Waals surface area contributed by atoms with E-state index in [1.54, 1.807) is 0 Å². The van der Waals surface area contributed by atoms with Crippen molar-refractivity contribution in [3.05, 3.63) is 22.1 Å². The molecule has 1 aliphatic carbocycles. The molecule has 1 rings (SSSR count). The maximum absolute atomic E-state index is 6.73. The molecule has 0 spiro atoms. The normalized spacial score (nSPS) is 26.4. The molecule has 4 heteroatoms. The van der Waals surface area contributed by atoms with Crippen LogP contribution in [0, 0.1) is 0 Å². The second kappa shape index (κ2) is 2.59. The van der Waals surface area contributed by atoms with Crippen LogP contribution in [0.15, 0.2) is 22.1 Å². The average molecular weight is 323 g/mol. The molecule has 0 heterocycles. The van der Waals surface area contributed by atoms with Crippen molar-refractivity contribution in [3.8, 4) is 0 Å². The van der Waals surface area contributed by atoms with Gasteiger partial charge in [0.2, 0.25) is 0 Å². The summed E-state index contributed by atoms with van der Waals surface area (Å²) in [6, 6.07) is 0. The summed E-state index contributed by atoms with van der Waals surface area (Å²) < 4.78 is 21.3. The van der Waals surface area contributed by atoms with E-state index in [0.717, 1.165) is 10.3 Å². The summed E-state index contributed by atoms with van der Waals surface area (Å²) in [5.74, 6) is 0. The fraction of sp³-hybridized carbons (Fsp3) is 0.750. The molecular formula is C16H35O3Ti. The summed E-state index contributed by atoms with van der Waals surface area (Å²) in [5.41, 5.74) is 0. The predicted molar refractivity (Wildman–Crippen MR) is 86.0 cm³/mol. The van der Waals surface area contributed by atoms with Gasteiger partial charge in [-0.25, -0.2) is 0 Å².